The predicted molar refractivity (Wildman–Crippen MR) is 65.1 cm³/mol. The van der Waals surface area contributed by atoms with Crippen molar-refractivity contribution in [1.82, 2.24) is 10.2 Å². The fourth-order valence-electron chi connectivity index (χ4n) is 2.76. The average Bonchev–Trinajstić information content (AvgIpc) is 2.99. The van der Waals surface area contributed by atoms with Gasteiger partial charge in [0.25, 0.3) is 0 Å². The predicted octanol–water partition coefficient (Wildman–Crippen LogP) is 2.25. The molecule has 2 rings (SSSR count). The Labute approximate surface area is 94.4 Å². The molecule has 0 amide bonds. The summed E-state index contributed by atoms with van der Waals surface area (Å²) in [5, 5.41) is 3.70. The zero-order valence-electron chi connectivity index (χ0n) is 10.7. The fourth-order valence-corrected chi connectivity index (χ4v) is 2.76. The molecule has 2 atom stereocenters. The second-order valence-electron chi connectivity index (χ2n) is 6.10. The van der Waals surface area contributed by atoms with Gasteiger partial charge in [0.05, 0.1) is 0 Å². The lowest BCUT2D eigenvalue weighted by Crippen LogP contribution is -2.64. The molecule has 0 aromatic carbocycles. The minimum atomic E-state index is 0.300. The second kappa shape index (κ2) is 4.06. The number of hydrogen-bond acceptors (Lipinski definition) is 2. The summed E-state index contributed by atoms with van der Waals surface area (Å²) in [4.78, 5) is 2.76. The van der Waals surface area contributed by atoms with E-state index in [0.717, 1.165) is 18.0 Å². The molecule has 2 fully saturated rings. The second-order valence-corrected chi connectivity index (χ2v) is 6.10. The van der Waals surface area contributed by atoms with Crippen LogP contribution in [0.1, 0.15) is 47.0 Å². The topological polar surface area (TPSA) is 15.3 Å². The Hall–Kier alpha value is -0.0800. The Morgan fingerprint density at radius 2 is 2.07 bits per heavy atom. The number of piperazine rings is 1. The summed E-state index contributed by atoms with van der Waals surface area (Å²) in [6, 6.07) is 1.56. The molecule has 2 aliphatic rings. The molecule has 0 aromatic heterocycles. The lowest BCUT2D eigenvalue weighted by molar-refractivity contribution is 0.0480. The monoisotopic (exact) mass is 210 g/mol. The van der Waals surface area contributed by atoms with Gasteiger partial charge in [0.15, 0.2) is 0 Å². The Morgan fingerprint density at radius 1 is 1.40 bits per heavy atom. The third-order valence-corrected chi connectivity index (χ3v) is 4.12. The number of nitrogens with one attached hydrogen (secondary N) is 1. The van der Waals surface area contributed by atoms with Crippen LogP contribution in [0.5, 0.6) is 0 Å². The van der Waals surface area contributed by atoms with Gasteiger partial charge in [-0.05, 0) is 46.0 Å². The third kappa shape index (κ3) is 2.54. The maximum atomic E-state index is 3.70. The maximum absolute atomic E-state index is 3.70. The van der Waals surface area contributed by atoms with E-state index in [-0.39, 0.29) is 0 Å². The van der Waals surface area contributed by atoms with Crippen LogP contribution >= 0.6 is 0 Å². The molecule has 1 saturated heterocycles. The van der Waals surface area contributed by atoms with Crippen molar-refractivity contribution in [2.75, 3.05) is 13.1 Å². The minimum Gasteiger partial charge on any atom is -0.309 e. The number of nitrogens with zero attached hydrogens (tertiary/aromatic N) is 1. The normalized spacial score (nSPS) is 34.0. The quantitative estimate of drug-likeness (QED) is 0.768. The molecule has 1 aliphatic carbocycles. The highest BCUT2D eigenvalue weighted by molar-refractivity contribution is 4.99. The molecule has 2 heteroatoms. The van der Waals surface area contributed by atoms with Gasteiger partial charge in [-0.3, -0.25) is 4.90 Å². The van der Waals surface area contributed by atoms with E-state index < -0.39 is 0 Å². The molecule has 2 unspecified atom stereocenters. The van der Waals surface area contributed by atoms with E-state index in [4.69, 9.17) is 0 Å². The fraction of sp³-hybridized carbons (Fsp3) is 1.00. The maximum Gasteiger partial charge on any atom is 0.0253 e. The first-order chi connectivity index (χ1) is 7.03. The smallest absolute Gasteiger partial charge is 0.0253 e. The van der Waals surface area contributed by atoms with E-state index in [9.17, 15) is 0 Å². The van der Waals surface area contributed by atoms with Gasteiger partial charge in [0, 0.05) is 30.7 Å². The zero-order chi connectivity index (χ0) is 11.1. The summed E-state index contributed by atoms with van der Waals surface area (Å²) in [6.45, 7) is 11.8. The highest BCUT2D eigenvalue weighted by atomic mass is 15.3. The van der Waals surface area contributed by atoms with Crippen molar-refractivity contribution in [3.8, 4) is 0 Å². The van der Waals surface area contributed by atoms with Crippen LogP contribution in [-0.4, -0.2) is 35.6 Å². The van der Waals surface area contributed by atoms with E-state index in [1.54, 1.807) is 0 Å². The number of rotatable bonds is 3. The van der Waals surface area contributed by atoms with Gasteiger partial charge < -0.3 is 5.32 Å². The van der Waals surface area contributed by atoms with Crippen LogP contribution in [0.2, 0.25) is 0 Å². The van der Waals surface area contributed by atoms with Crippen LogP contribution in [0.3, 0.4) is 0 Å². The van der Waals surface area contributed by atoms with E-state index in [1.807, 2.05) is 0 Å². The summed E-state index contributed by atoms with van der Waals surface area (Å²) in [5.41, 5.74) is 0.300. The van der Waals surface area contributed by atoms with Crippen molar-refractivity contribution in [2.24, 2.45) is 5.92 Å². The van der Waals surface area contributed by atoms with Gasteiger partial charge in [-0.2, -0.15) is 0 Å². The van der Waals surface area contributed by atoms with Gasteiger partial charge in [-0.25, -0.2) is 0 Å². The first-order valence-electron chi connectivity index (χ1n) is 6.54. The summed E-state index contributed by atoms with van der Waals surface area (Å²) in [5.74, 6) is 0.989. The van der Waals surface area contributed by atoms with E-state index >= 15 is 0 Å². The standard InChI is InChI=1S/C13H26N2/c1-5-10(2)15-9-13(3,4)14-8-12(15)11-6-7-11/h10-12,14H,5-9H2,1-4H3. The molecule has 1 heterocycles. The van der Waals surface area contributed by atoms with E-state index in [0.29, 0.717) is 5.54 Å². The molecular weight excluding hydrogens is 184 g/mol. The van der Waals surface area contributed by atoms with Crippen molar-refractivity contribution in [1.29, 1.82) is 0 Å². The zero-order valence-corrected chi connectivity index (χ0v) is 10.7. The molecule has 0 radical (unpaired) electrons. The lowest BCUT2D eigenvalue weighted by Gasteiger charge is -2.47. The molecule has 15 heavy (non-hydrogen) atoms. The van der Waals surface area contributed by atoms with Crippen LogP contribution < -0.4 is 5.32 Å². The molecule has 0 aromatic rings. The Morgan fingerprint density at radius 3 is 2.60 bits per heavy atom. The SMILES string of the molecule is CCC(C)N1CC(C)(C)NCC1C1CC1. The van der Waals surface area contributed by atoms with Gasteiger partial charge in [0.2, 0.25) is 0 Å². The van der Waals surface area contributed by atoms with Crippen LogP contribution in [0.25, 0.3) is 0 Å². The summed E-state index contributed by atoms with van der Waals surface area (Å²) in [6.07, 6.45) is 4.19. The Bertz CT molecular complexity index is 221. The average molecular weight is 210 g/mol. The molecule has 1 N–H and O–H groups in total. The van der Waals surface area contributed by atoms with E-state index in [1.165, 1.54) is 32.4 Å². The number of hydrogen-bond donors (Lipinski definition) is 1. The summed E-state index contributed by atoms with van der Waals surface area (Å²) in [7, 11) is 0. The lowest BCUT2D eigenvalue weighted by atomic mass is 9.94. The summed E-state index contributed by atoms with van der Waals surface area (Å²) < 4.78 is 0. The molecule has 0 bridgehead atoms. The molecule has 2 nitrogen and oxygen atoms in total. The minimum absolute atomic E-state index is 0.300. The summed E-state index contributed by atoms with van der Waals surface area (Å²) >= 11 is 0. The highest BCUT2D eigenvalue weighted by Crippen LogP contribution is 2.38. The first kappa shape index (κ1) is 11.4. The largest absolute Gasteiger partial charge is 0.309 e. The molecule has 88 valence electrons. The van der Waals surface area contributed by atoms with Gasteiger partial charge in [-0.15, -0.1) is 0 Å². The highest BCUT2D eigenvalue weighted by Gasteiger charge is 2.42. The van der Waals surface area contributed by atoms with Crippen LogP contribution in [0, 0.1) is 5.92 Å². The van der Waals surface area contributed by atoms with E-state index in [2.05, 4.69) is 37.9 Å². The van der Waals surface area contributed by atoms with Gasteiger partial charge in [0.1, 0.15) is 0 Å². The van der Waals surface area contributed by atoms with Crippen molar-refractivity contribution < 1.29 is 0 Å². The van der Waals surface area contributed by atoms with Crippen molar-refractivity contribution in [3.05, 3.63) is 0 Å². The van der Waals surface area contributed by atoms with Crippen molar-refractivity contribution in [2.45, 2.75) is 64.6 Å². The van der Waals surface area contributed by atoms with Gasteiger partial charge >= 0.3 is 0 Å². The first-order valence-corrected chi connectivity index (χ1v) is 6.54. The molecular formula is C13H26N2. The Kier molecular flexibility index (Phi) is 3.09. The molecule has 1 saturated carbocycles. The van der Waals surface area contributed by atoms with Crippen LogP contribution in [0.4, 0.5) is 0 Å². The van der Waals surface area contributed by atoms with Crippen LogP contribution in [0.15, 0.2) is 0 Å². The Balaban J connectivity index is 2.04. The molecule has 1 aliphatic heterocycles. The van der Waals surface area contributed by atoms with Crippen molar-refractivity contribution in [3.63, 3.8) is 0 Å². The van der Waals surface area contributed by atoms with Crippen molar-refractivity contribution >= 4 is 0 Å². The molecule has 0 spiro atoms. The third-order valence-electron chi connectivity index (χ3n) is 4.12. The van der Waals surface area contributed by atoms with Gasteiger partial charge in [-0.1, -0.05) is 6.92 Å². The van der Waals surface area contributed by atoms with Crippen LogP contribution in [-0.2, 0) is 0 Å².